The van der Waals surface area contributed by atoms with Crippen molar-refractivity contribution in [2.75, 3.05) is 26.3 Å². The molecule has 2 heterocycles. The number of ether oxygens (including phenoxy) is 2. The summed E-state index contributed by atoms with van der Waals surface area (Å²) >= 11 is 1.14. The zero-order valence-corrected chi connectivity index (χ0v) is 14.5. The first-order valence-corrected chi connectivity index (χ1v) is 8.89. The van der Waals surface area contributed by atoms with Crippen LogP contribution in [0.15, 0.2) is 30.3 Å². The van der Waals surface area contributed by atoms with Crippen LogP contribution in [0.4, 0.5) is 0 Å². The van der Waals surface area contributed by atoms with Crippen molar-refractivity contribution in [2.24, 2.45) is 0 Å². The van der Waals surface area contributed by atoms with Gasteiger partial charge in [-0.15, -0.1) is 5.10 Å². The Kier molecular flexibility index (Phi) is 5.77. The lowest BCUT2D eigenvalue weighted by Gasteiger charge is -2.25. The van der Waals surface area contributed by atoms with E-state index in [0.717, 1.165) is 36.7 Å². The second kappa shape index (κ2) is 8.21. The summed E-state index contributed by atoms with van der Waals surface area (Å²) in [4.78, 5) is 15.2. The number of carbonyl (C=O) groups is 1. The van der Waals surface area contributed by atoms with E-state index in [-0.39, 0.29) is 12.0 Å². The van der Waals surface area contributed by atoms with Gasteiger partial charge in [-0.1, -0.05) is 22.7 Å². The summed E-state index contributed by atoms with van der Waals surface area (Å²) in [6.45, 7) is 4.10. The van der Waals surface area contributed by atoms with Crippen LogP contribution in [0, 0.1) is 6.92 Å². The van der Waals surface area contributed by atoms with Crippen molar-refractivity contribution in [3.05, 3.63) is 40.9 Å². The molecule has 0 radical (unpaired) electrons. The molecule has 1 aromatic carbocycles. The summed E-state index contributed by atoms with van der Waals surface area (Å²) in [5, 5.41) is 3.94. The Bertz CT molecular complexity index is 656. The number of rotatable bonds is 7. The molecule has 1 aliphatic rings. The van der Waals surface area contributed by atoms with E-state index in [1.165, 1.54) is 0 Å². The largest absolute Gasteiger partial charge is 0.492 e. The predicted molar refractivity (Wildman–Crippen MR) is 91.5 cm³/mol. The van der Waals surface area contributed by atoms with E-state index in [2.05, 4.69) is 9.59 Å². The van der Waals surface area contributed by atoms with Crippen molar-refractivity contribution in [1.29, 1.82) is 0 Å². The molecule has 1 aromatic heterocycles. The van der Waals surface area contributed by atoms with Gasteiger partial charge in [-0.25, -0.2) is 0 Å². The highest BCUT2D eigenvalue weighted by Gasteiger charge is 2.25. The molecule has 1 atom stereocenters. The van der Waals surface area contributed by atoms with Crippen molar-refractivity contribution in [2.45, 2.75) is 25.9 Å². The lowest BCUT2D eigenvalue weighted by molar-refractivity contribution is 0.0496. The highest BCUT2D eigenvalue weighted by molar-refractivity contribution is 7.07. The number of carbonyl (C=O) groups excluding carboxylic acids is 1. The number of nitrogens with zero attached hydrogens (tertiary/aromatic N) is 3. The highest BCUT2D eigenvalue weighted by Crippen LogP contribution is 2.18. The minimum Gasteiger partial charge on any atom is -0.492 e. The smallest absolute Gasteiger partial charge is 0.267 e. The van der Waals surface area contributed by atoms with Gasteiger partial charge in [-0.3, -0.25) is 4.79 Å². The van der Waals surface area contributed by atoms with Gasteiger partial charge in [0.25, 0.3) is 5.91 Å². The van der Waals surface area contributed by atoms with Crippen LogP contribution >= 0.6 is 11.5 Å². The van der Waals surface area contributed by atoms with Gasteiger partial charge in [-0.2, -0.15) is 0 Å². The van der Waals surface area contributed by atoms with Gasteiger partial charge in [0.2, 0.25) is 0 Å². The van der Waals surface area contributed by atoms with E-state index < -0.39 is 0 Å². The second-order valence-corrected chi connectivity index (χ2v) is 6.49. The topological polar surface area (TPSA) is 64.6 Å². The fraction of sp³-hybridized carbons (Fsp3) is 0.471. The molecule has 2 aromatic rings. The number of amides is 1. The predicted octanol–water partition coefficient (Wildman–Crippen LogP) is 2.55. The molecule has 1 amide bonds. The van der Waals surface area contributed by atoms with Crippen LogP contribution in [-0.4, -0.2) is 52.8 Å². The third-order valence-electron chi connectivity index (χ3n) is 3.95. The maximum atomic E-state index is 12.8. The summed E-state index contributed by atoms with van der Waals surface area (Å²) in [7, 11) is 0. The first-order valence-electron chi connectivity index (χ1n) is 8.11. The van der Waals surface area contributed by atoms with Crippen LogP contribution in [0.5, 0.6) is 5.75 Å². The van der Waals surface area contributed by atoms with E-state index in [1.807, 2.05) is 30.3 Å². The van der Waals surface area contributed by atoms with Gasteiger partial charge in [-0.05, 0) is 43.4 Å². The molecule has 24 heavy (non-hydrogen) atoms. The molecule has 1 unspecified atom stereocenters. The Morgan fingerprint density at radius 3 is 2.92 bits per heavy atom. The Labute approximate surface area is 145 Å². The lowest BCUT2D eigenvalue weighted by Crippen LogP contribution is -2.40. The monoisotopic (exact) mass is 347 g/mol. The van der Waals surface area contributed by atoms with Gasteiger partial charge in [0, 0.05) is 13.2 Å². The first-order chi connectivity index (χ1) is 11.7. The van der Waals surface area contributed by atoms with Crippen LogP contribution in [0.3, 0.4) is 0 Å². The van der Waals surface area contributed by atoms with Crippen LogP contribution in [0.1, 0.15) is 28.2 Å². The standard InChI is InChI=1S/C17H21N3O3S/c1-13-16(24-19-18-13)17(21)20(12-15-8-5-10-22-15)9-11-23-14-6-3-2-4-7-14/h2-4,6-7,15H,5,8-12H2,1H3. The third-order valence-corrected chi connectivity index (χ3v) is 4.77. The minimum absolute atomic E-state index is 0.0466. The Morgan fingerprint density at radius 1 is 1.42 bits per heavy atom. The van der Waals surface area contributed by atoms with Crippen molar-refractivity contribution >= 4 is 17.4 Å². The summed E-state index contributed by atoms with van der Waals surface area (Å²) in [5.41, 5.74) is 0.673. The average molecular weight is 347 g/mol. The Morgan fingerprint density at radius 2 is 2.25 bits per heavy atom. The van der Waals surface area contributed by atoms with Gasteiger partial charge >= 0.3 is 0 Å². The molecule has 0 saturated carbocycles. The first kappa shape index (κ1) is 16.9. The average Bonchev–Trinajstić information content (AvgIpc) is 3.26. The fourth-order valence-electron chi connectivity index (χ4n) is 2.67. The highest BCUT2D eigenvalue weighted by atomic mass is 32.1. The Hall–Kier alpha value is -1.99. The molecule has 7 heteroatoms. The van der Waals surface area contributed by atoms with Gasteiger partial charge in [0.15, 0.2) is 0 Å². The SMILES string of the molecule is Cc1nnsc1C(=O)N(CCOc1ccccc1)CC1CCCO1. The summed E-state index contributed by atoms with van der Waals surface area (Å²) < 4.78 is 15.3. The molecule has 3 rings (SSSR count). The van der Waals surface area contributed by atoms with E-state index >= 15 is 0 Å². The Balaban J connectivity index is 1.62. The van der Waals surface area contributed by atoms with Crippen LogP contribution < -0.4 is 4.74 Å². The van der Waals surface area contributed by atoms with Gasteiger partial charge < -0.3 is 14.4 Å². The molecule has 128 valence electrons. The zero-order valence-electron chi connectivity index (χ0n) is 13.7. The number of hydrogen-bond acceptors (Lipinski definition) is 6. The molecule has 0 N–H and O–H groups in total. The van der Waals surface area contributed by atoms with Gasteiger partial charge in [0.05, 0.1) is 18.3 Å². The maximum absolute atomic E-state index is 12.8. The summed E-state index contributed by atoms with van der Waals surface area (Å²) in [6.07, 6.45) is 2.14. The summed E-state index contributed by atoms with van der Waals surface area (Å²) in [6, 6.07) is 9.61. The number of benzene rings is 1. The normalized spacial score (nSPS) is 17.0. The van der Waals surface area contributed by atoms with Gasteiger partial charge in [0.1, 0.15) is 17.2 Å². The third kappa shape index (κ3) is 4.30. The molecule has 0 spiro atoms. The number of para-hydroxylation sites is 1. The molecule has 1 aliphatic heterocycles. The van der Waals surface area contributed by atoms with E-state index in [9.17, 15) is 4.79 Å². The number of aromatic nitrogens is 2. The lowest BCUT2D eigenvalue weighted by atomic mass is 10.2. The molecule has 0 aliphatic carbocycles. The van der Waals surface area contributed by atoms with Crippen LogP contribution in [-0.2, 0) is 4.74 Å². The van der Waals surface area contributed by atoms with E-state index in [4.69, 9.17) is 9.47 Å². The van der Waals surface area contributed by atoms with Crippen LogP contribution in [0.2, 0.25) is 0 Å². The van der Waals surface area contributed by atoms with Crippen molar-refractivity contribution < 1.29 is 14.3 Å². The van der Waals surface area contributed by atoms with Crippen molar-refractivity contribution in [3.63, 3.8) is 0 Å². The summed E-state index contributed by atoms with van der Waals surface area (Å²) in [5.74, 6) is 0.757. The number of hydrogen-bond donors (Lipinski definition) is 0. The van der Waals surface area contributed by atoms with Crippen molar-refractivity contribution in [3.8, 4) is 5.75 Å². The molecule has 6 nitrogen and oxygen atoms in total. The molecule has 0 bridgehead atoms. The maximum Gasteiger partial charge on any atom is 0.267 e. The second-order valence-electron chi connectivity index (χ2n) is 5.74. The van der Waals surface area contributed by atoms with Crippen LogP contribution in [0.25, 0.3) is 0 Å². The van der Waals surface area contributed by atoms with E-state index in [1.54, 1.807) is 11.8 Å². The molecule has 1 saturated heterocycles. The number of aryl methyl sites for hydroxylation is 1. The fourth-order valence-corrected chi connectivity index (χ4v) is 3.30. The van der Waals surface area contributed by atoms with Crippen molar-refractivity contribution in [1.82, 2.24) is 14.5 Å². The quantitative estimate of drug-likeness (QED) is 0.770. The zero-order chi connectivity index (χ0) is 16.8. The molecule has 1 fully saturated rings. The minimum atomic E-state index is -0.0466. The molecular weight excluding hydrogens is 326 g/mol. The molecular formula is C17H21N3O3S. The van der Waals surface area contributed by atoms with E-state index in [0.29, 0.717) is 30.3 Å².